The van der Waals surface area contributed by atoms with Crippen LogP contribution in [0.3, 0.4) is 0 Å². The molecule has 0 saturated carbocycles. The lowest BCUT2D eigenvalue weighted by Crippen LogP contribution is -2.16. The Labute approximate surface area is 426 Å². The van der Waals surface area contributed by atoms with Crippen LogP contribution in [0.25, 0.3) is 93.6 Å². The molecule has 348 valence electrons. The van der Waals surface area contributed by atoms with Gasteiger partial charge in [-0.3, -0.25) is 4.57 Å². The maximum Gasteiger partial charge on any atom is 0.238 e. The highest BCUT2D eigenvalue weighted by Gasteiger charge is 2.31. The van der Waals surface area contributed by atoms with Crippen molar-refractivity contribution in [2.45, 2.75) is 13.8 Å². The van der Waals surface area contributed by atoms with E-state index in [2.05, 4.69) is 192 Å². The van der Waals surface area contributed by atoms with E-state index in [0.29, 0.717) is 17.6 Å². The molecule has 0 unspecified atom stereocenters. The second-order valence-electron chi connectivity index (χ2n) is 19.3. The van der Waals surface area contributed by atoms with Gasteiger partial charge in [0.25, 0.3) is 0 Å². The van der Waals surface area contributed by atoms with Gasteiger partial charge in [0.15, 0.2) is 23.1 Å². The average Bonchev–Trinajstić information content (AvgIpc) is 3.79. The molecule has 1 aliphatic rings. The molecule has 74 heavy (non-hydrogen) atoms. The number of para-hydroxylation sites is 3. The Morgan fingerprint density at radius 3 is 1.58 bits per heavy atom. The monoisotopic (exact) mass is 948 g/mol. The molecule has 0 radical (unpaired) electrons. The van der Waals surface area contributed by atoms with Crippen molar-refractivity contribution in [3.63, 3.8) is 0 Å². The SMILES string of the molecule is Cc1ccc(N(c2ccc(C)cc2)c2ccc3c4cccc5c(N6c7ccccc7Oc7cc8c9ccccc9n(-c9nc(-c%10ccccc%10)nc(-c%10ccccc%10)n9)c8cc76)ccc(c6cccc2c36)c54)cc1. The highest BCUT2D eigenvalue weighted by atomic mass is 16.5. The van der Waals surface area contributed by atoms with Crippen LogP contribution in [-0.2, 0) is 0 Å². The zero-order chi connectivity index (χ0) is 49.0. The minimum Gasteiger partial charge on any atom is -0.453 e. The lowest BCUT2D eigenvalue weighted by molar-refractivity contribution is 0.478. The quantitative estimate of drug-likeness (QED) is 0.117. The summed E-state index contributed by atoms with van der Waals surface area (Å²) < 4.78 is 9.13. The van der Waals surface area contributed by atoms with Gasteiger partial charge in [-0.2, -0.15) is 9.97 Å². The summed E-state index contributed by atoms with van der Waals surface area (Å²) in [6.07, 6.45) is 0. The van der Waals surface area contributed by atoms with Gasteiger partial charge in [-0.1, -0.05) is 175 Å². The molecule has 14 aromatic rings. The van der Waals surface area contributed by atoms with E-state index in [0.717, 1.165) is 83.9 Å². The number of rotatable bonds is 7. The van der Waals surface area contributed by atoms with E-state index in [1.807, 2.05) is 66.7 Å². The van der Waals surface area contributed by atoms with Crippen LogP contribution in [-0.4, -0.2) is 19.5 Å². The lowest BCUT2D eigenvalue weighted by atomic mass is 9.88. The molecule has 0 fully saturated rings. The Hall–Kier alpha value is -9.85. The third kappa shape index (κ3) is 6.43. The van der Waals surface area contributed by atoms with E-state index in [1.165, 1.54) is 48.8 Å². The Morgan fingerprint density at radius 1 is 0.365 bits per heavy atom. The number of ether oxygens (including phenoxy) is 1. The average molecular weight is 949 g/mol. The van der Waals surface area contributed by atoms with Crippen molar-refractivity contribution < 1.29 is 4.74 Å². The molecule has 0 N–H and O–H groups in total. The first-order valence-corrected chi connectivity index (χ1v) is 25.1. The molecule has 0 spiro atoms. The number of nitrogens with zero attached hydrogens (tertiary/aromatic N) is 6. The summed E-state index contributed by atoms with van der Waals surface area (Å²) in [6, 6.07) is 82.1. The third-order valence-corrected chi connectivity index (χ3v) is 14.9. The van der Waals surface area contributed by atoms with Gasteiger partial charge in [-0.25, -0.2) is 4.98 Å². The summed E-state index contributed by atoms with van der Waals surface area (Å²) in [4.78, 5) is 20.3. The molecule has 12 aromatic carbocycles. The fourth-order valence-corrected chi connectivity index (χ4v) is 11.5. The summed E-state index contributed by atoms with van der Waals surface area (Å²) >= 11 is 0. The van der Waals surface area contributed by atoms with Crippen molar-refractivity contribution in [3.05, 3.63) is 242 Å². The van der Waals surface area contributed by atoms with Crippen LogP contribution in [0.1, 0.15) is 11.1 Å². The van der Waals surface area contributed by atoms with E-state index < -0.39 is 0 Å². The predicted octanol–water partition coefficient (Wildman–Crippen LogP) is 18.0. The minimum absolute atomic E-state index is 0.533. The first-order chi connectivity index (χ1) is 36.5. The van der Waals surface area contributed by atoms with Gasteiger partial charge in [-0.15, -0.1) is 0 Å². The molecule has 15 rings (SSSR count). The third-order valence-electron chi connectivity index (χ3n) is 14.9. The summed E-state index contributed by atoms with van der Waals surface area (Å²) in [5.41, 5.74) is 12.5. The predicted molar refractivity (Wildman–Crippen MR) is 305 cm³/mol. The van der Waals surface area contributed by atoms with Crippen molar-refractivity contribution in [2.24, 2.45) is 0 Å². The van der Waals surface area contributed by atoms with Crippen LogP contribution >= 0.6 is 0 Å². The Balaban J connectivity index is 0.959. The molecule has 3 heterocycles. The van der Waals surface area contributed by atoms with Crippen LogP contribution in [0, 0.1) is 13.8 Å². The van der Waals surface area contributed by atoms with Crippen LogP contribution in [0.15, 0.2) is 231 Å². The van der Waals surface area contributed by atoms with E-state index in [-0.39, 0.29) is 0 Å². The topological polar surface area (TPSA) is 59.3 Å². The van der Waals surface area contributed by atoms with Gasteiger partial charge < -0.3 is 14.5 Å². The largest absolute Gasteiger partial charge is 0.453 e. The first-order valence-electron chi connectivity index (χ1n) is 25.1. The lowest BCUT2D eigenvalue weighted by Gasteiger charge is -2.34. The number of aromatic nitrogens is 4. The van der Waals surface area contributed by atoms with E-state index in [9.17, 15) is 0 Å². The van der Waals surface area contributed by atoms with Gasteiger partial charge in [0.2, 0.25) is 5.95 Å². The van der Waals surface area contributed by atoms with Crippen molar-refractivity contribution in [1.29, 1.82) is 0 Å². The molecule has 1 aliphatic heterocycles. The maximum atomic E-state index is 6.94. The molecule has 0 bridgehead atoms. The number of fused-ring (bicyclic) bond motifs is 7. The second kappa shape index (κ2) is 16.3. The van der Waals surface area contributed by atoms with Gasteiger partial charge in [0.1, 0.15) is 0 Å². The summed E-state index contributed by atoms with van der Waals surface area (Å²) in [6.45, 7) is 4.28. The number of aryl methyl sites for hydroxylation is 2. The Morgan fingerprint density at radius 2 is 0.905 bits per heavy atom. The maximum absolute atomic E-state index is 6.94. The number of hydrogen-bond donors (Lipinski definition) is 0. The summed E-state index contributed by atoms with van der Waals surface area (Å²) in [5, 5.41) is 11.8. The molecule has 7 heteroatoms. The molecule has 2 aromatic heterocycles. The minimum atomic E-state index is 0.533. The zero-order valence-electron chi connectivity index (χ0n) is 40.5. The van der Waals surface area contributed by atoms with Crippen molar-refractivity contribution in [2.75, 3.05) is 9.80 Å². The normalized spacial score (nSPS) is 12.3. The standard InChI is InChI=1S/C67H44N6O/c1-41-27-31-45(32-28-41)71(46-33-29-42(2)30-34-46)56-37-35-50-49-21-14-23-53-57(38-36-51(64(49)53)48-20-13-22-52(56)63(48)50)72-58-25-11-12-26-61(58)74-62-39-54-47-19-9-10-24-55(47)73(59(54)40-60(62)72)67-69-65(43-15-5-3-6-16-43)68-66(70-67)44-17-7-4-8-18-44/h3-40H,1-2H3. The molecule has 0 atom stereocenters. The van der Waals surface area contributed by atoms with Gasteiger partial charge in [0, 0.05) is 44.0 Å². The van der Waals surface area contributed by atoms with Gasteiger partial charge in [-0.05, 0) is 113 Å². The number of benzene rings is 12. The zero-order valence-corrected chi connectivity index (χ0v) is 40.5. The van der Waals surface area contributed by atoms with Gasteiger partial charge in [0.05, 0.1) is 33.8 Å². The molecule has 0 amide bonds. The second-order valence-corrected chi connectivity index (χ2v) is 19.3. The van der Waals surface area contributed by atoms with Crippen LogP contribution in [0.2, 0.25) is 0 Å². The number of hydrogen-bond acceptors (Lipinski definition) is 6. The molecule has 0 saturated heterocycles. The highest BCUT2D eigenvalue weighted by Crippen LogP contribution is 2.55. The Kier molecular flexibility index (Phi) is 9.25. The van der Waals surface area contributed by atoms with Crippen LogP contribution < -0.4 is 14.5 Å². The van der Waals surface area contributed by atoms with Crippen molar-refractivity contribution in [1.82, 2.24) is 19.5 Å². The molecular formula is C67H44N6O. The van der Waals surface area contributed by atoms with E-state index in [1.54, 1.807) is 0 Å². The smallest absolute Gasteiger partial charge is 0.238 e. The molecule has 0 aliphatic carbocycles. The molecule has 7 nitrogen and oxygen atoms in total. The van der Waals surface area contributed by atoms with Crippen molar-refractivity contribution in [3.8, 4) is 40.2 Å². The van der Waals surface area contributed by atoms with Gasteiger partial charge >= 0.3 is 0 Å². The fraction of sp³-hybridized carbons (Fsp3) is 0.0299. The number of anilines is 6. The Bertz CT molecular complexity index is 4410. The van der Waals surface area contributed by atoms with E-state index in [4.69, 9.17) is 19.7 Å². The van der Waals surface area contributed by atoms with Crippen LogP contribution in [0.5, 0.6) is 11.5 Å². The molecular weight excluding hydrogens is 905 g/mol. The fourth-order valence-electron chi connectivity index (χ4n) is 11.5. The van der Waals surface area contributed by atoms with Crippen molar-refractivity contribution >= 4 is 99.0 Å². The first kappa shape index (κ1) is 41.9. The summed E-state index contributed by atoms with van der Waals surface area (Å²) in [7, 11) is 0. The summed E-state index contributed by atoms with van der Waals surface area (Å²) in [5.74, 6) is 3.29. The van der Waals surface area contributed by atoms with Crippen LogP contribution in [0.4, 0.5) is 34.1 Å². The van der Waals surface area contributed by atoms with E-state index >= 15 is 0 Å². The highest BCUT2D eigenvalue weighted by molar-refractivity contribution is 6.35.